The van der Waals surface area contributed by atoms with Gasteiger partial charge in [-0.2, -0.15) is 18.3 Å². The number of hydrogen-bond acceptors (Lipinski definition) is 3. The number of aromatic nitrogens is 3. The van der Waals surface area contributed by atoms with Crippen LogP contribution in [0.5, 0.6) is 0 Å². The number of hydrogen-bond donors (Lipinski definition) is 0. The summed E-state index contributed by atoms with van der Waals surface area (Å²) in [7, 11) is 0. The molecule has 4 rings (SSSR count). The van der Waals surface area contributed by atoms with Gasteiger partial charge in [-0.25, -0.2) is 9.50 Å². The number of aryl methyl sites for hydroxylation is 1. The highest BCUT2D eigenvalue weighted by Gasteiger charge is 2.42. The van der Waals surface area contributed by atoms with E-state index in [1.807, 2.05) is 23.6 Å². The highest BCUT2D eigenvalue weighted by Crippen LogP contribution is 2.42. The van der Waals surface area contributed by atoms with Crippen molar-refractivity contribution in [2.45, 2.75) is 63.5 Å². The van der Waals surface area contributed by atoms with Crippen molar-refractivity contribution in [3.05, 3.63) is 29.2 Å². The highest BCUT2D eigenvalue weighted by atomic mass is 19.4. The Morgan fingerprint density at radius 3 is 2.54 bits per heavy atom. The van der Waals surface area contributed by atoms with E-state index < -0.39 is 12.1 Å². The quantitative estimate of drug-likeness (QED) is 0.733. The molecule has 3 heterocycles. The SMILES string of the molecule is Cc1cc([C@@H]2CCCN(C=O)C2)n2nc(C3CCC(C(F)(F)F)CC3)cc2n1. The first-order valence-electron chi connectivity index (χ1n) is 9.98. The maximum Gasteiger partial charge on any atom is 0.391 e. The number of alkyl halides is 3. The molecule has 1 atom stereocenters. The number of amides is 1. The Kier molecular flexibility index (Phi) is 5.05. The molecule has 152 valence electrons. The molecule has 8 heteroatoms. The van der Waals surface area contributed by atoms with Gasteiger partial charge in [-0.15, -0.1) is 0 Å². The van der Waals surface area contributed by atoms with Crippen molar-refractivity contribution in [3.8, 4) is 0 Å². The van der Waals surface area contributed by atoms with Crippen LogP contribution < -0.4 is 0 Å². The molecule has 5 nitrogen and oxygen atoms in total. The molecule has 28 heavy (non-hydrogen) atoms. The van der Waals surface area contributed by atoms with E-state index in [0.29, 0.717) is 19.4 Å². The lowest BCUT2D eigenvalue weighted by Gasteiger charge is -2.30. The van der Waals surface area contributed by atoms with E-state index in [1.54, 1.807) is 4.90 Å². The summed E-state index contributed by atoms with van der Waals surface area (Å²) in [6.45, 7) is 3.37. The van der Waals surface area contributed by atoms with Gasteiger partial charge in [0, 0.05) is 36.7 Å². The standard InChI is InChI=1S/C20H25F3N4O/c1-13-9-18(15-3-2-8-26(11-15)12-28)27-19(24-13)10-17(25-27)14-4-6-16(7-5-14)20(21,22)23/h9-10,12,14-16H,2-8,11H2,1H3/t14?,15-,16?/m1/s1. The number of carbonyl (C=O) groups excluding carboxylic acids is 1. The molecule has 2 aromatic rings. The van der Waals surface area contributed by atoms with E-state index in [4.69, 9.17) is 5.10 Å². The molecule has 2 fully saturated rings. The molecular weight excluding hydrogens is 369 g/mol. The number of halogens is 3. The van der Waals surface area contributed by atoms with E-state index in [1.165, 1.54) is 0 Å². The smallest absolute Gasteiger partial charge is 0.345 e. The largest absolute Gasteiger partial charge is 0.391 e. The fraction of sp³-hybridized carbons (Fsp3) is 0.650. The van der Waals surface area contributed by atoms with Gasteiger partial charge in [-0.3, -0.25) is 4.79 Å². The van der Waals surface area contributed by atoms with Crippen LogP contribution in [-0.4, -0.2) is 45.2 Å². The van der Waals surface area contributed by atoms with Gasteiger partial charge in [-0.1, -0.05) is 0 Å². The molecule has 0 N–H and O–H groups in total. The van der Waals surface area contributed by atoms with E-state index >= 15 is 0 Å². The molecule has 1 amide bonds. The average Bonchev–Trinajstić information content (AvgIpc) is 3.10. The molecule has 0 radical (unpaired) electrons. The summed E-state index contributed by atoms with van der Waals surface area (Å²) in [5.41, 5.74) is 3.50. The highest BCUT2D eigenvalue weighted by molar-refractivity contribution is 5.48. The summed E-state index contributed by atoms with van der Waals surface area (Å²) in [5.74, 6) is -0.948. The lowest BCUT2D eigenvalue weighted by molar-refractivity contribution is -0.182. The molecule has 1 saturated heterocycles. The molecule has 0 unspecified atom stereocenters. The number of fused-ring (bicyclic) bond motifs is 1. The first-order chi connectivity index (χ1) is 13.3. The minimum Gasteiger partial charge on any atom is -0.345 e. The van der Waals surface area contributed by atoms with Crippen LogP contribution in [0.1, 0.15) is 67.4 Å². The van der Waals surface area contributed by atoms with Crippen LogP contribution in [0.2, 0.25) is 0 Å². The Balaban J connectivity index is 1.60. The topological polar surface area (TPSA) is 50.5 Å². The molecule has 2 aromatic heterocycles. The lowest BCUT2D eigenvalue weighted by Crippen LogP contribution is -2.34. The second-order valence-electron chi connectivity index (χ2n) is 8.19. The molecule has 0 aromatic carbocycles. The van der Waals surface area contributed by atoms with E-state index in [0.717, 1.165) is 48.5 Å². The second-order valence-corrected chi connectivity index (χ2v) is 8.19. The molecule has 1 aliphatic heterocycles. The van der Waals surface area contributed by atoms with Crippen molar-refractivity contribution in [3.63, 3.8) is 0 Å². The zero-order valence-corrected chi connectivity index (χ0v) is 16.0. The Hall–Kier alpha value is -2.12. The fourth-order valence-corrected chi connectivity index (χ4v) is 4.70. The van der Waals surface area contributed by atoms with Crippen LogP contribution in [0.4, 0.5) is 13.2 Å². The van der Waals surface area contributed by atoms with Gasteiger partial charge in [0.1, 0.15) is 0 Å². The maximum absolute atomic E-state index is 12.9. The van der Waals surface area contributed by atoms with Gasteiger partial charge >= 0.3 is 6.18 Å². The van der Waals surface area contributed by atoms with E-state index in [9.17, 15) is 18.0 Å². The van der Waals surface area contributed by atoms with E-state index in [2.05, 4.69) is 4.98 Å². The van der Waals surface area contributed by atoms with Gasteiger partial charge in [0.15, 0.2) is 5.65 Å². The first kappa shape index (κ1) is 19.2. The Bertz CT molecular complexity index is 855. The van der Waals surface area contributed by atoms with Crippen LogP contribution in [0.15, 0.2) is 12.1 Å². The molecule has 2 aliphatic rings. The van der Waals surface area contributed by atoms with Gasteiger partial charge < -0.3 is 4.90 Å². The van der Waals surface area contributed by atoms with Crippen molar-refractivity contribution in [1.29, 1.82) is 0 Å². The predicted molar refractivity (Wildman–Crippen MR) is 98.1 cm³/mol. The van der Waals surface area contributed by atoms with Crippen molar-refractivity contribution in [2.75, 3.05) is 13.1 Å². The third-order valence-electron chi connectivity index (χ3n) is 6.23. The summed E-state index contributed by atoms with van der Waals surface area (Å²) < 4.78 is 40.7. The minimum absolute atomic E-state index is 0.0475. The van der Waals surface area contributed by atoms with Crippen molar-refractivity contribution < 1.29 is 18.0 Å². The van der Waals surface area contributed by atoms with Crippen LogP contribution in [-0.2, 0) is 4.79 Å². The molecular formula is C20H25F3N4O. The normalized spacial score (nSPS) is 26.6. The number of nitrogens with zero attached hydrogens (tertiary/aromatic N) is 4. The zero-order chi connectivity index (χ0) is 19.9. The third-order valence-corrected chi connectivity index (χ3v) is 6.23. The van der Waals surface area contributed by atoms with E-state index in [-0.39, 0.29) is 24.7 Å². The summed E-state index contributed by atoms with van der Waals surface area (Å²) in [6, 6.07) is 3.94. The summed E-state index contributed by atoms with van der Waals surface area (Å²) in [4.78, 5) is 17.6. The Morgan fingerprint density at radius 1 is 1.11 bits per heavy atom. The first-order valence-corrected chi connectivity index (χ1v) is 9.98. The van der Waals surface area contributed by atoms with Gasteiger partial charge in [0.25, 0.3) is 0 Å². The summed E-state index contributed by atoms with van der Waals surface area (Å²) in [6.07, 6.45) is 0.0643. The fourth-order valence-electron chi connectivity index (χ4n) is 4.70. The lowest BCUT2D eigenvalue weighted by atomic mass is 9.80. The van der Waals surface area contributed by atoms with Crippen LogP contribution in [0, 0.1) is 12.8 Å². The molecule has 1 aliphatic carbocycles. The Morgan fingerprint density at radius 2 is 1.86 bits per heavy atom. The average molecular weight is 394 g/mol. The number of carbonyl (C=O) groups is 1. The Labute approximate surface area is 161 Å². The number of piperidine rings is 1. The van der Waals surface area contributed by atoms with Crippen molar-refractivity contribution in [2.24, 2.45) is 5.92 Å². The summed E-state index contributed by atoms with van der Waals surface area (Å²) >= 11 is 0. The second kappa shape index (κ2) is 7.37. The van der Waals surface area contributed by atoms with Crippen LogP contribution in [0.25, 0.3) is 5.65 Å². The van der Waals surface area contributed by atoms with Crippen LogP contribution >= 0.6 is 0 Å². The third kappa shape index (κ3) is 3.73. The summed E-state index contributed by atoms with van der Waals surface area (Å²) in [5, 5.41) is 4.76. The van der Waals surface area contributed by atoms with Crippen molar-refractivity contribution in [1.82, 2.24) is 19.5 Å². The molecule has 0 spiro atoms. The minimum atomic E-state index is -4.10. The zero-order valence-electron chi connectivity index (χ0n) is 16.0. The van der Waals surface area contributed by atoms with Crippen LogP contribution in [0.3, 0.4) is 0 Å². The van der Waals surface area contributed by atoms with Gasteiger partial charge in [0.05, 0.1) is 17.3 Å². The molecule has 1 saturated carbocycles. The predicted octanol–water partition coefficient (Wildman–Crippen LogP) is 4.21. The van der Waals surface area contributed by atoms with Gasteiger partial charge in [0.2, 0.25) is 6.41 Å². The maximum atomic E-state index is 12.9. The van der Waals surface area contributed by atoms with Crippen molar-refractivity contribution >= 4 is 12.1 Å². The monoisotopic (exact) mass is 394 g/mol. The number of rotatable bonds is 3. The number of likely N-dealkylation sites (tertiary alicyclic amines) is 1. The van der Waals surface area contributed by atoms with Gasteiger partial charge in [-0.05, 0) is 51.5 Å². The molecule has 0 bridgehead atoms.